The topological polar surface area (TPSA) is 45.3 Å². The van der Waals surface area contributed by atoms with E-state index >= 15 is 0 Å². The maximum Gasteiger partial charge on any atom is 0.270 e. The van der Waals surface area contributed by atoms with Gasteiger partial charge in [0.1, 0.15) is 18.1 Å². The first-order valence-electron chi connectivity index (χ1n) is 9.67. The summed E-state index contributed by atoms with van der Waals surface area (Å²) in [6, 6.07) is 18.0. The average molecular weight is 362 g/mol. The number of benzene rings is 2. The molecule has 1 aromatic heterocycles. The van der Waals surface area contributed by atoms with Crippen molar-refractivity contribution in [2.45, 2.75) is 26.9 Å². The number of nitrogens with zero attached hydrogens (tertiary/aromatic N) is 1. The fraction of sp³-hybridized carbons (Fsp3) is 0.348. The van der Waals surface area contributed by atoms with Crippen molar-refractivity contribution in [3.8, 4) is 5.75 Å². The van der Waals surface area contributed by atoms with Crippen molar-refractivity contribution >= 4 is 16.8 Å². The summed E-state index contributed by atoms with van der Waals surface area (Å²) in [4.78, 5) is 18.2. The number of rotatable bonds is 4. The van der Waals surface area contributed by atoms with Crippen LogP contribution >= 0.6 is 0 Å². The number of piperidine rings is 1. The minimum absolute atomic E-state index is 0.0938. The zero-order valence-corrected chi connectivity index (χ0v) is 15.9. The lowest BCUT2D eigenvalue weighted by molar-refractivity contribution is 0.0618. The number of nitrogens with one attached hydrogen (secondary N) is 1. The van der Waals surface area contributed by atoms with E-state index in [1.807, 2.05) is 59.5 Å². The fourth-order valence-electron chi connectivity index (χ4n) is 4.05. The molecule has 0 spiro atoms. The van der Waals surface area contributed by atoms with Crippen LogP contribution in [0.4, 0.5) is 0 Å². The van der Waals surface area contributed by atoms with Gasteiger partial charge in [-0.05, 0) is 42.0 Å². The van der Waals surface area contributed by atoms with Crippen LogP contribution in [0.3, 0.4) is 0 Å². The molecule has 1 fully saturated rings. The molecule has 1 N–H and O–H groups in total. The normalized spacial score (nSPS) is 20.0. The predicted molar refractivity (Wildman–Crippen MR) is 108 cm³/mol. The van der Waals surface area contributed by atoms with Gasteiger partial charge in [0.15, 0.2) is 0 Å². The molecular formula is C23H26N2O2. The first-order valence-corrected chi connectivity index (χ1v) is 9.67. The second kappa shape index (κ2) is 7.47. The van der Waals surface area contributed by atoms with Gasteiger partial charge in [-0.1, -0.05) is 44.2 Å². The molecule has 1 aliphatic rings. The van der Waals surface area contributed by atoms with Crippen LogP contribution in [-0.2, 0) is 6.61 Å². The van der Waals surface area contributed by atoms with Crippen molar-refractivity contribution in [1.29, 1.82) is 0 Å². The van der Waals surface area contributed by atoms with E-state index in [0.29, 0.717) is 24.1 Å². The van der Waals surface area contributed by atoms with Gasteiger partial charge in [-0.15, -0.1) is 0 Å². The number of H-pyrrole nitrogens is 1. The fourth-order valence-corrected chi connectivity index (χ4v) is 4.05. The van der Waals surface area contributed by atoms with E-state index in [2.05, 4.69) is 18.8 Å². The molecule has 0 aliphatic carbocycles. The third-order valence-corrected chi connectivity index (χ3v) is 5.23. The van der Waals surface area contributed by atoms with Crippen molar-refractivity contribution in [2.75, 3.05) is 13.1 Å². The van der Waals surface area contributed by atoms with Gasteiger partial charge in [0.05, 0.1) is 0 Å². The van der Waals surface area contributed by atoms with Gasteiger partial charge in [-0.25, -0.2) is 0 Å². The largest absolute Gasteiger partial charge is 0.489 e. The van der Waals surface area contributed by atoms with E-state index in [0.717, 1.165) is 35.3 Å². The molecule has 2 heterocycles. The molecule has 3 aromatic rings. The van der Waals surface area contributed by atoms with Gasteiger partial charge >= 0.3 is 0 Å². The van der Waals surface area contributed by atoms with Gasteiger partial charge in [0.25, 0.3) is 5.91 Å². The van der Waals surface area contributed by atoms with Gasteiger partial charge in [-0.2, -0.15) is 0 Å². The molecule has 27 heavy (non-hydrogen) atoms. The Morgan fingerprint density at radius 2 is 1.81 bits per heavy atom. The summed E-state index contributed by atoms with van der Waals surface area (Å²) in [5, 5.41) is 1.03. The van der Waals surface area contributed by atoms with Crippen LogP contribution in [0.15, 0.2) is 54.6 Å². The molecule has 1 saturated heterocycles. The van der Waals surface area contributed by atoms with E-state index in [-0.39, 0.29) is 5.91 Å². The Balaban J connectivity index is 1.49. The van der Waals surface area contributed by atoms with Gasteiger partial charge in [-0.3, -0.25) is 4.79 Å². The molecule has 4 rings (SSSR count). The lowest BCUT2D eigenvalue weighted by atomic mass is 9.92. The van der Waals surface area contributed by atoms with Crippen LogP contribution in [-0.4, -0.2) is 28.9 Å². The number of amides is 1. The van der Waals surface area contributed by atoms with Crippen LogP contribution in [0.2, 0.25) is 0 Å². The minimum atomic E-state index is 0.0938. The molecule has 0 saturated carbocycles. The Bertz CT molecular complexity index is 922. The van der Waals surface area contributed by atoms with E-state index < -0.39 is 0 Å². The number of carbonyl (C=O) groups excluding carboxylic acids is 1. The molecule has 2 unspecified atom stereocenters. The Labute approximate surface area is 160 Å². The number of carbonyl (C=O) groups is 1. The quantitative estimate of drug-likeness (QED) is 0.720. The number of likely N-dealkylation sites (tertiary alicyclic amines) is 1. The Morgan fingerprint density at radius 1 is 1.07 bits per heavy atom. The number of ether oxygens (including phenoxy) is 1. The summed E-state index contributed by atoms with van der Waals surface area (Å²) in [6.45, 7) is 6.64. The molecule has 0 radical (unpaired) electrons. The van der Waals surface area contributed by atoms with Crippen LogP contribution < -0.4 is 4.74 Å². The third-order valence-electron chi connectivity index (χ3n) is 5.23. The van der Waals surface area contributed by atoms with Crippen LogP contribution in [0.1, 0.15) is 36.3 Å². The highest BCUT2D eigenvalue weighted by atomic mass is 16.5. The van der Waals surface area contributed by atoms with Crippen molar-refractivity contribution in [2.24, 2.45) is 11.8 Å². The predicted octanol–water partition coefficient (Wildman–Crippen LogP) is 4.87. The first-order chi connectivity index (χ1) is 13.1. The second-order valence-electron chi connectivity index (χ2n) is 7.86. The van der Waals surface area contributed by atoms with Crippen molar-refractivity contribution in [1.82, 2.24) is 9.88 Å². The minimum Gasteiger partial charge on any atom is -0.489 e. The average Bonchev–Trinajstić information content (AvgIpc) is 3.09. The van der Waals surface area contributed by atoms with Crippen molar-refractivity contribution in [3.05, 3.63) is 65.9 Å². The maximum absolute atomic E-state index is 12.9. The molecule has 4 nitrogen and oxygen atoms in total. The Kier molecular flexibility index (Phi) is 4.88. The van der Waals surface area contributed by atoms with Crippen LogP contribution in [0, 0.1) is 11.8 Å². The van der Waals surface area contributed by atoms with Crippen LogP contribution in [0.5, 0.6) is 5.75 Å². The Hall–Kier alpha value is -2.75. The van der Waals surface area contributed by atoms with Crippen molar-refractivity contribution < 1.29 is 9.53 Å². The zero-order valence-electron chi connectivity index (χ0n) is 15.9. The molecule has 1 amide bonds. The molecule has 0 bridgehead atoms. The van der Waals surface area contributed by atoms with E-state index in [1.54, 1.807) is 0 Å². The van der Waals surface area contributed by atoms with E-state index in [1.165, 1.54) is 6.42 Å². The summed E-state index contributed by atoms with van der Waals surface area (Å²) in [6.07, 6.45) is 1.19. The number of aromatic amines is 1. The zero-order chi connectivity index (χ0) is 18.8. The molecule has 2 atom stereocenters. The van der Waals surface area contributed by atoms with Gasteiger partial charge < -0.3 is 14.6 Å². The lowest BCUT2D eigenvalue weighted by Gasteiger charge is -2.34. The summed E-state index contributed by atoms with van der Waals surface area (Å²) >= 11 is 0. The number of aromatic nitrogens is 1. The van der Waals surface area contributed by atoms with Gasteiger partial charge in [0.2, 0.25) is 0 Å². The van der Waals surface area contributed by atoms with Crippen LogP contribution in [0.25, 0.3) is 10.9 Å². The molecule has 4 heteroatoms. The highest BCUT2D eigenvalue weighted by Gasteiger charge is 2.26. The standard InChI is InChI=1S/C23H26N2O2/c1-16-10-17(2)14-25(13-16)23(26)22-11-19-8-9-20(12-21(19)24-22)27-15-18-6-4-3-5-7-18/h3-9,11-12,16-17,24H,10,13-15H2,1-2H3. The Morgan fingerprint density at radius 3 is 2.56 bits per heavy atom. The van der Waals surface area contributed by atoms with E-state index in [4.69, 9.17) is 4.74 Å². The summed E-state index contributed by atoms with van der Waals surface area (Å²) in [5.41, 5.74) is 2.72. The molecule has 2 aromatic carbocycles. The molecular weight excluding hydrogens is 336 g/mol. The molecule has 1 aliphatic heterocycles. The maximum atomic E-state index is 12.9. The highest BCUT2D eigenvalue weighted by Crippen LogP contribution is 2.25. The SMILES string of the molecule is CC1CC(C)CN(C(=O)c2cc3ccc(OCc4ccccc4)cc3[nH]2)C1. The smallest absolute Gasteiger partial charge is 0.270 e. The number of hydrogen-bond acceptors (Lipinski definition) is 2. The highest BCUT2D eigenvalue weighted by molar-refractivity contribution is 5.98. The van der Waals surface area contributed by atoms with E-state index in [9.17, 15) is 4.79 Å². The monoisotopic (exact) mass is 362 g/mol. The number of hydrogen-bond donors (Lipinski definition) is 1. The summed E-state index contributed by atoms with van der Waals surface area (Å²) in [5.74, 6) is 2.00. The first kappa shape index (κ1) is 17.7. The lowest BCUT2D eigenvalue weighted by Crippen LogP contribution is -2.42. The summed E-state index contributed by atoms with van der Waals surface area (Å²) in [7, 11) is 0. The summed E-state index contributed by atoms with van der Waals surface area (Å²) < 4.78 is 5.90. The van der Waals surface area contributed by atoms with Crippen molar-refractivity contribution in [3.63, 3.8) is 0 Å². The van der Waals surface area contributed by atoms with Gasteiger partial charge in [0, 0.05) is 30.1 Å². The second-order valence-corrected chi connectivity index (χ2v) is 7.86. The molecule has 140 valence electrons. The third kappa shape index (κ3) is 4.00. The number of fused-ring (bicyclic) bond motifs is 1.